The Hall–Kier alpha value is -0.490. The summed E-state index contributed by atoms with van der Waals surface area (Å²) in [6.45, 7) is 4.16. The molecular formula is C11H19F3N2O2S. The standard InChI is InChI=1S/C11H19F3N2O2S/c1-10(2,3)19(17)16-8(5-15)6-18-11(4,7-12)9(13)14/h8-9,16H,6-7H2,1-4H3/t8-,11?,19+/m1/s1. The van der Waals surface area contributed by atoms with E-state index in [1.165, 1.54) is 0 Å². The van der Waals surface area contributed by atoms with Gasteiger partial charge >= 0.3 is 0 Å². The highest BCUT2D eigenvalue weighted by Crippen LogP contribution is 2.21. The van der Waals surface area contributed by atoms with E-state index in [9.17, 15) is 17.7 Å². The van der Waals surface area contributed by atoms with Crippen LogP contribution in [0.3, 0.4) is 0 Å². The fraction of sp³-hybridized carbons (Fsp3) is 0.909. The molecule has 19 heavy (non-hydrogen) atoms. The molecule has 0 radical (unpaired) electrons. The van der Waals surface area contributed by atoms with Gasteiger partial charge < -0.3 is 9.29 Å². The van der Waals surface area contributed by atoms with E-state index in [4.69, 9.17) is 10.00 Å². The van der Waals surface area contributed by atoms with Crippen molar-refractivity contribution in [1.29, 1.82) is 5.26 Å². The van der Waals surface area contributed by atoms with Gasteiger partial charge in [0.1, 0.15) is 11.4 Å². The Morgan fingerprint density at radius 2 is 1.89 bits per heavy atom. The van der Waals surface area contributed by atoms with E-state index in [1.807, 2.05) is 0 Å². The second-order valence-electron chi connectivity index (χ2n) is 5.24. The number of hydrogen-bond acceptors (Lipinski definition) is 4. The molecule has 0 amide bonds. The van der Waals surface area contributed by atoms with Crippen molar-refractivity contribution in [2.24, 2.45) is 0 Å². The molecule has 112 valence electrons. The largest absolute Gasteiger partial charge is 0.598 e. The highest BCUT2D eigenvalue weighted by Gasteiger charge is 2.38. The second-order valence-corrected chi connectivity index (χ2v) is 7.24. The van der Waals surface area contributed by atoms with Crippen LogP contribution in [-0.4, -0.2) is 40.6 Å². The molecule has 0 fully saturated rings. The summed E-state index contributed by atoms with van der Waals surface area (Å²) in [6.07, 6.45) is -3.01. The maximum Gasteiger partial charge on any atom is 0.269 e. The van der Waals surface area contributed by atoms with Crippen molar-refractivity contribution in [2.75, 3.05) is 13.3 Å². The maximum absolute atomic E-state index is 12.6. The van der Waals surface area contributed by atoms with Crippen LogP contribution < -0.4 is 4.72 Å². The third-order valence-electron chi connectivity index (χ3n) is 2.27. The summed E-state index contributed by atoms with van der Waals surface area (Å²) >= 11 is -1.54. The summed E-state index contributed by atoms with van der Waals surface area (Å²) < 4.78 is 56.0. The monoisotopic (exact) mass is 300 g/mol. The molecule has 1 unspecified atom stereocenters. The van der Waals surface area contributed by atoms with E-state index >= 15 is 0 Å². The molecule has 0 aromatic rings. The highest BCUT2D eigenvalue weighted by atomic mass is 32.2. The Labute approximate surface area is 114 Å². The van der Waals surface area contributed by atoms with Gasteiger partial charge in [0.15, 0.2) is 11.6 Å². The van der Waals surface area contributed by atoms with E-state index in [1.54, 1.807) is 26.8 Å². The quantitative estimate of drug-likeness (QED) is 0.730. The summed E-state index contributed by atoms with van der Waals surface area (Å²) in [4.78, 5) is 0. The van der Waals surface area contributed by atoms with E-state index in [-0.39, 0.29) is 0 Å². The van der Waals surface area contributed by atoms with Crippen LogP contribution in [0.4, 0.5) is 13.2 Å². The number of nitriles is 1. The molecule has 0 aliphatic carbocycles. The van der Waals surface area contributed by atoms with Crippen LogP contribution >= 0.6 is 0 Å². The van der Waals surface area contributed by atoms with Crippen molar-refractivity contribution in [3.8, 4) is 6.07 Å². The van der Waals surface area contributed by atoms with Gasteiger partial charge in [-0.1, -0.05) is 0 Å². The van der Waals surface area contributed by atoms with Crippen LogP contribution in [0, 0.1) is 11.3 Å². The Morgan fingerprint density at radius 3 is 2.21 bits per heavy atom. The third-order valence-corrected chi connectivity index (χ3v) is 3.88. The lowest BCUT2D eigenvalue weighted by Crippen LogP contribution is -2.48. The Balaban J connectivity index is 4.48. The first-order valence-corrected chi connectivity index (χ1v) is 6.77. The van der Waals surface area contributed by atoms with Crippen molar-refractivity contribution >= 4 is 11.4 Å². The van der Waals surface area contributed by atoms with Crippen LogP contribution in [0.2, 0.25) is 0 Å². The van der Waals surface area contributed by atoms with Crippen LogP contribution in [-0.2, 0) is 16.1 Å². The molecule has 4 nitrogen and oxygen atoms in total. The van der Waals surface area contributed by atoms with Crippen LogP contribution in [0.15, 0.2) is 0 Å². The molecule has 3 atom stereocenters. The number of hydrogen-bond donors (Lipinski definition) is 1. The van der Waals surface area contributed by atoms with Crippen LogP contribution in [0.5, 0.6) is 0 Å². The van der Waals surface area contributed by atoms with Crippen LogP contribution in [0.25, 0.3) is 0 Å². The molecule has 0 spiro atoms. The molecule has 8 heteroatoms. The zero-order valence-electron chi connectivity index (χ0n) is 11.4. The summed E-state index contributed by atoms with van der Waals surface area (Å²) in [6, 6.07) is 0.693. The topological polar surface area (TPSA) is 68.1 Å². The molecule has 1 N–H and O–H groups in total. The summed E-state index contributed by atoms with van der Waals surface area (Å²) in [5.74, 6) is 0. The lowest BCUT2D eigenvalue weighted by atomic mass is 10.1. The minimum Gasteiger partial charge on any atom is -0.598 e. The van der Waals surface area contributed by atoms with E-state index in [0.717, 1.165) is 6.92 Å². The van der Waals surface area contributed by atoms with E-state index < -0.39 is 47.5 Å². The van der Waals surface area contributed by atoms with Gasteiger partial charge in [0, 0.05) is 11.4 Å². The van der Waals surface area contributed by atoms with Crippen LogP contribution in [0.1, 0.15) is 27.7 Å². The van der Waals surface area contributed by atoms with Gasteiger partial charge in [-0.15, -0.1) is 4.72 Å². The molecule has 0 saturated carbocycles. The molecule has 0 bridgehead atoms. The number of ether oxygens (including phenoxy) is 1. The first-order chi connectivity index (χ1) is 8.56. The number of alkyl halides is 3. The lowest BCUT2D eigenvalue weighted by Gasteiger charge is -2.29. The summed E-state index contributed by atoms with van der Waals surface area (Å²) in [5, 5.41) is 8.84. The lowest BCUT2D eigenvalue weighted by molar-refractivity contribution is -0.140. The molecule has 0 aromatic heterocycles. The Morgan fingerprint density at radius 1 is 1.37 bits per heavy atom. The number of rotatable bonds is 7. The maximum atomic E-state index is 12.6. The molecule has 0 heterocycles. The zero-order valence-corrected chi connectivity index (χ0v) is 12.2. The van der Waals surface area contributed by atoms with Crippen molar-refractivity contribution in [3.63, 3.8) is 0 Å². The molecule has 0 aliphatic heterocycles. The fourth-order valence-electron chi connectivity index (χ4n) is 0.837. The van der Waals surface area contributed by atoms with Crippen molar-refractivity contribution in [1.82, 2.24) is 4.72 Å². The van der Waals surface area contributed by atoms with Crippen molar-refractivity contribution < 1.29 is 22.5 Å². The van der Waals surface area contributed by atoms with Gasteiger partial charge in [-0.3, -0.25) is 0 Å². The molecule has 0 aliphatic rings. The van der Waals surface area contributed by atoms with Gasteiger partial charge in [0.25, 0.3) is 6.43 Å². The van der Waals surface area contributed by atoms with Gasteiger partial charge in [0.05, 0.1) is 12.7 Å². The molecule has 0 aromatic carbocycles. The van der Waals surface area contributed by atoms with Gasteiger partial charge in [-0.05, 0) is 27.7 Å². The van der Waals surface area contributed by atoms with Gasteiger partial charge in [0.2, 0.25) is 0 Å². The summed E-state index contributed by atoms with van der Waals surface area (Å²) in [5.41, 5.74) is -2.25. The van der Waals surface area contributed by atoms with Gasteiger partial charge in [-0.25, -0.2) is 13.2 Å². The number of nitrogens with one attached hydrogen (secondary N) is 1. The van der Waals surface area contributed by atoms with Gasteiger partial charge in [-0.2, -0.15) is 5.26 Å². The first kappa shape index (κ1) is 18.5. The van der Waals surface area contributed by atoms with Crippen molar-refractivity contribution in [2.45, 2.75) is 50.5 Å². The third kappa shape index (κ3) is 5.99. The molecule has 0 saturated heterocycles. The number of halogens is 3. The SMILES string of the molecule is CC(CF)(OC[C@@H](C#N)N[S@@+]([O-])C(C)(C)C)C(F)F. The zero-order chi connectivity index (χ0) is 15.3. The average Bonchev–Trinajstić information content (AvgIpc) is 2.32. The van der Waals surface area contributed by atoms with Crippen molar-refractivity contribution in [3.05, 3.63) is 0 Å². The Kier molecular flexibility index (Phi) is 7.15. The summed E-state index contributed by atoms with van der Waals surface area (Å²) in [7, 11) is 0. The first-order valence-electron chi connectivity index (χ1n) is 5.62. The van der Waals surface area contributed by atoms with E-state index in [2.05, 4.69) is 4.72 Å². The molecular weight excluding hydrogens is 281 g/mol. The smallest absolute Gasteiger partial charge is 0.269 e. The predicted octanol–water partition coefficient (Wildman–Crippen LogP) is 1.94. The minimum absolute atomic E-state index is 0.469. The molecule has 0 rings (SSSR count). The number of nitrogens with zero attached hydrogens (tertiary/aromatic N) is 1. The fourth-order valence-corrected chi connectivity index (χ4v) is 1.57. The van der Waals surface area contributed by atoms with E-state index in [0.29, 0.717) is 0 Å². The highest BCUT2D eigenvalue weighted by molar-refractivity contribution is 7.90. The minimum atomic E-state index is -3.01. The Bertz CT molecular complexity index is 320. The predicted molar refractivity (Wildman–Crippen MR) is 66.8 cm³/mol. The second kappa shape index (κ2) is 7.33. The normalized spacial score (nSPS) is 18.7. The average molecular weight is 300 g/mol.